The van der Waals surface area contributed by atoms with Crippen LogP contribution in [0.5, 0.6) is 0 Å². The maximum atomic E-state index is 10.7. The summed E-state index contributed by atoms with van der Waals surface area (Å²) in [6, 6.07) is 0. The molecule has 0 aromatic carbocycles. The number of hydrogen-bond donors (Lipinski definition) is 0. The van der Waals surface area contributed by atoms with Crippen LogP contribution in [0.15, 0.2) is 23.4 Å². The van der Waals surface area contributed by atoms with Gasteiger partial charge in [0.05, 0.1) is 24.8 Å². The molecule has 2 unspecified atom stereocenters. The molecule has 2 atom stereocenters. The third kappa shape index (κ3) is 8.46. The summed E-state index contributed by atoms with van der Waals surface area (Å²) in [6.45, 7) is 3.10. The number of allylic oxidation sites excluding steroid dienone is 3. The Hall–Kier alpha value is 2.26. The van der Waals surface area contributed by atoms with Crippen molar-refractivity contribution in [3.8, 4) is 0 Å². The average molecular weight is 339 g/mol. The number of rotatable bonds is 5. The second kappa shape index (κ2) is 10.1. The summed E-state index contributed by atoms with van der Waals surface area (Å²) in [7, 11) is -5.05. The van der Waals surface area contributed by atoms with Crippen LogP contribution in [0.2, 0.25) is 0 Å². The van der Waals surface area contributed by atoms with Gasteiger partial charge in [-0.25, -0.2) is 0 Å². The van der Waals surface area contributed by atoms with Gasteiger partial charge in [-0.15, -0.1) is 0 Å². The monoisotopic (exact) mass is 339 g/mol. The van der Waals surface area contributed by atoms with E-state index >= 15 is 0 Å². The molecular weight excluding hydrogens is 327 g/mol. The maximum absolute atomic E-state index is 10.7. The first-order chi connectivity index (χ1) is 7.70. The summed E-state index contributed by atoms with van der Waals surface area (Å²) >= 11 is 0. The molecule has 96 valence electrons. The SMILES string of the molecule is CC1=CC=C([N+](=O)[O-])C1CC(C)OP(=O)([O-])[O-].[K+].[K+]. The number of phosphoric ester groups is 1. The van der Waals surface area contributed by atoms with Crippen molar-refractivity contribution in [3.05, 3.63) is 33.5 Å². The van der Waals surface area contributed by atoms with E-state index in [1.54, 1.807) is 13.0 Å². The van der Waals surface area contributed by atoms with Crippen LogP contribution in [0.25, 0.3) is 0 Å². The van der Waals surface area contributed by atoms with Crippen LogP contribution in [-0.4, -0.2) is 11.0 Å². The van der Waals surface area contributed by atoms with Crippen molar-refractivity contribution >= 4 is 7.82 Å². The molecule has 1 aliphatic carbocycles. The zero-order valence-electron chi connectivity index (χ0n) is 11.4. The van der Waals surface area contributed by atoms with Crippen molar-refractivity contribution in [2.24, 2.45) is 5.92 Å². The Morgan fingerprint density at radius 2 is 1.95 bits per heavy atom. The molecule has 0 radical (unpaired) electrons. The van der Waals surface area contributed by atoms with E-state index in [2.05, 4.69) is 4.52 Å². The van der Waals surface area contributed by atoms with Gasteiger partial charge in [0.15, 0.2) is 0 Å². The largest absolute Gasteiger partial charge is 1.00 e. The standard InChI is InChI=1S/C9H14NO6P.2K/c1-6-3-4-9(10(11)12)8(6)5-7(2)16-17(13,14)15;;/h3-4,7-8H,5H2,1-2H3,(H2,13,14,15);;/q;2*+1/p-2. The van der Waals surface area contributed by atoms with Crippen molar-refractivity contribution in [3.63, 3.8) is 0 Å². The van der Waals surface area contributed by atoms with E-state index in [1.807, 2.05) is 0 Å². The summed E-state index contributed by atoms with van der Waals surface area (Å²) in [5, 5.41) is 10.7. The molecule has 1 aliphatic rings. The molecule has 0 saturated carbocycles. The van der Waals surface area contributed by atoms with Crippen LogP contribution < -0.4 is 113 Å². The summed E-state index contributed by atoms with van der Waals surface area (Å²) < 4.78 is 14.6. The molecule has 10 heteroatoms. The fourth-order valence-electron chi connectivity index (χ4n) is 1.77. The number of hydrogen-bond acceptors (Lipinski definition) is 6. The third-order valence-corrected chi connectivity index (χ3v) is 3.13. The maximum Gasteiger partial charge on any atom is 1.00 e. The fraction of sp³-hybridized carbons (Fsp3) is 0.556. The van der Waals surface area contributed by atoms with Crippen molar-refractivity contribution in [2.75, 3.05) is 0 Å². The summed E-state index contributed by atoms with van der Waals surface area (Å²) in [6.07, 6.45) is 2.18. The molecule has 0 aliphatic heterocycles. The van der Waals surface area contributed by atoms with Crippen molar-refractivity contribution in [1.82, 2.24) is 0 Å². The van der Waals surface area contributed by atoms with Gasteiger partial charge in [0, 0.05) is 6.08 Å². The van der Waals surface area contributed by atoms with Gasteiger partial charge in [-0.3, -0.25) is 10.1 Å². The van der Waals surface area contributed by atoms with E-state index in [0.29, 0.717) is 0 Å². The number of nitrogens with zero attached hydrogens (tertiary/aromatic N) is 1. The van der Waals surface area contributed by atoms with E-state index in [0.717, 1.165) is 5.57 Å². The van der Waals surface area contributed by atoms with Crippen molar-refractivity contribution < 1.29 is 127 Å². The van der Waals surface area contributed by atoms with Crippen molar-refractivity contribution in [2.45, 2.75) is 26.4 Å². The molecular formula is C9H12K2NO6P. The Labute approximate surface area is 196 Å². The Morgan fingerprint density at radius 3 is 2.37 bits per heavy atom. The molecule has 0 aromatic heterocycles. The average Bonchev–Trinajstić information content (AvgIpc) is 2.44. The van der Waals surface area contributed by atoms with Crippen LogP contribution in [0.4, 0.5) is 0 Å². The van der Waals surface area contributed by atoms with E-state index < -0.39 is 24.8 Å². The van der Waals surface area contributed by atoms with Gasteiger partial charge in [0.2, 0.25) is 0 Å². The van der Waals surface area contributed by atoms with Crippen LogP contribution >= 0.6 is 7.82 Å². The van der Waals surface area contributed by atoms with E-state index in [-0.39, 0.29) is 115 Å². The van der Waals surface area contributed by atoms with Crippen molar-refractivity contribution in [1.29, 1.82) is 0 Å². The van der Waals surface area contributed by atoms with Gasteiger partial charge in [-0.2, -0.15) is 0 Å². The quantitative estimate of drug-likeness (QED) is 0.213. The summed E-state index contributed by atoms with van der Waals surface area (Å²) in [5.41, 5.74) is 0.739. The van der Waals surface area contributed by atoms with Gasteiger partial charge in [-0.1, -0.05) is 11.6 Å². The normalized spacial score (nSPS) is 19.7. The van der Waals surface area contributed by atoms with E-state index in [4.69, 9.17) is 0 Å². The first kappa shape index (κ1) is 23.5. The molecule has 0 bridgehead atoms. The van der Waals surface area contributed by atoms with Crippen LogP contribution in [0.1, 0.15) is 20.3 Å². The van der Waals surface area contributed by atoms with Gasteiger partial charge >= 0.3 is 103 Å². The Balaban J connectivity index is 0. The van der Waals surface area contributed by atoms with Crippen LogP contribution in [-0.2, 0) is 9.09 Å². The summed E-state index contributed by atoms with van der Waals surface area (Å²) in [5.74, 6) is -0.508. The smallest absolute Gasteiger partial charge is 0.790 e. The zero-order valence-corrected chi connectivity index (χ0v) is 18.5. The minimum atomic E-state index is -5.05. The van der Waals surface area contributed by atoms with E-state index in [1.165, 1.54) is 13.0 Å². The minimum Gasteiger partial charge on any atom is -0.790 e. The zero-order chi connectivity index (χ0) is 13.2. The Kier molecular flexibility index (Phi) is 12.5. The first-order valence-corrected chi connectivity index (χ1v) is 6.40. The summed E-state index contributed by atoms with van der Waals surface area (Å²) in [4.78, 5) is 31.0. The molecule has 0 aromatic rings. The molecule has 0 spiro atoms. The van der Waals surface area contributed by atoms with Gasteiger partial charge < -0.3 is 18.9 Å². The van der Waals surface area contributed by atoms with Gasteiger partial charge in [0.1, 0.15) is 0 Å². The van der Waals surface area contributed by atoms with Gasteiger partial charge in [0.25, 0.3) is 5.70 Å². The second-order valence-electron chi connectivity index (χ2n) is 3.91. The fourth-order valence-corrected chi connectivity index (χ4v) is 2.30. The molecule has 0 heterocycles. The predicted octanol–water partition coefficient (Wildman–Crippen LogP) is -5.64. The van der Waals surface area contributed by atoms with Crippen LogP contribution in [0, 0.1) is 16.0 Å². The minimum absolute atomic E-state index is 0. The molecule has 19 heavy (non-hydrogen) atoms. The molecule has 0 saturated heterocycles. The number of nitro groups is 1. The first-order valence-electron chi connectivity index (χ1n) is 4.94. The van der Waals surface area contributed by atoms with Gasteiger partial charge in [-0.05, 0) is 20.3 Å². The topological polar surface area (TPSA) is 116 Å². The molecule has 0 amide bonds. The molecule has 0 N–H and O–H groups in total. The predicted molar refractivity (Wildman–Crippen MR) is 55.1 cm³/mol. The number of phosphoric acid groups is 1. The second-order valence-corrected chi connectivity index (χ2v) is 5.02. The third-order valence-electron chi connectivity index (χ3n) is 2.51. The van der Waals surface area contributed by atoms with Crippen LogP contribution in [0.3, 0.4) is 0 Å². The molecule has 1 rings (SSSR count). The van der Waals surface area contributed by atoms with E-state index in [9.17, 15) is 24.5 Å². The molecule has 0 fully saturated rings. The Morgan fingerprint density at radius 1 is 1.42 bits per heavy atom. The Bertz CT molecular complexity index is 432. The molecule has 7 nitrogen and oxygen atoms in total.